The average Bonchev–Trinajstić information content (AvgIpc) is 3.23. The van der Waals surface area contributed by atoms with E-state index < -0.39 is 21.7 Å². The summed E-state index contributed by atoms with van der Waals surface area (Å²) >= 11 is 0. The van der Waals surface area contributed by atoms with Crippen LogP contribution in [-0.2, 0) is 14.6 Å². The van der Waals surface area contributed by atoms with Crippen LogP contribution in [0.15, 0.2) is 64.4 Å². The molecule has 0 aliphatic heterocycles. The predicted molar refractivity (Wildman–Crippen MR) is 124 cm³/mol. The second-order valence-electron chi connectivity index (χ2n) is 7.25. The number of esters is 1. The quantitative estimate of drug-likeness (QED) is 0.343. The van der Waals surface area contributed by atoms with Gasteiger partial charge in [0, 0.05) is 12.4 Å². The lowest BCUT2D eigenvalue weighted by molar-refractivity contribution is 0.0527. The highest BCUT2D eigenvalue weighted by Crippen LogP contribution is 2.37. The standard InChI is InChI=1S/C23H22N4O6S/c1-4-32-23(28)19-13-25-22-20(15(2)26-33-22)21(19)27(16-6-5-11-24-12-16)14-34(29,30)18-9-7-17(31-3)8-10-18/h5-13H,4,14H2,1-3H3. The van der Waals surface area contributed by atoms with Crippen LogP contribution in [-0.4, -0.2) is 49.1 Å². The fourth-order valence-corrected chi connectivity index (χ4v) is 4.80. The van der Waals surface area contributed by atoms with Crippen molar-refractivity contribution in [3.63, 3.8) is 0 Å². The smallest absolute Gasteiger partial charge is 0.341 e. The lowest BCUT2D eigenvalue weighted by atomic mass is 10.1. The molecule has 3 heterocycles. The van der Waals surface area contributed by atoms with Crippen molar-refractivity contribution in [2.45, 2.75) is 18.7 Å². The first-order valence-corrected chi connectivity index (χ1v) is 12.0. The molecule has 0 unspecified atom stereocenters. The number of aryl methyl sites for hydroxylation is 1. The van der Waals surface area contributed by atoms with Gasteiger partial charge in [0.05, 0.1) is 47.3 Å². The van der Waals surface area contributed by atoms with Crippen molar-refractivity contribution in [1.29, 1.82) is 0 Å². The molecule has 1 aromatic carbocycles. The molecule has 34 heavy (non-hydrogen) atoms. The number of sulfone groups is 1. The third-order valence-electron chi connectivity index (χ3n) is 5.09. The van der Waals surface area contributed by atoms with E-state index in [1.165, 1.54) is 36.5 Å². The number of anilines is 2. The van der Waals surface area contributed by atoms with Gasteiger partial charge in [0.1, 0.15) is 17.2 Å². The van der Waals surface area contributed by atoms with Crippen molar-refractivity contribution in [1.82, 2.24) is 15.1 Å². The Kier molecular flexibility index (Phi) is 6.46. The van der Waals surface area contributed by atoms with Gasteiger partial charge in [-0.2, -0.15) is 0 Å². The molecule has 10 nitrogen and oxygen atoms in total. The maximum atomic E-state index is 13.5. The number of benzene rings is 1. The lowest BCUT2D eigenvalue weighted by Crippen LogP contribution is -2.28. The van der Waals surface area contributed by atoms with Gasteiger partial charge >= 0.3 is 5.97 Å². The monoisotopic (exact) mass is 482 g/mol. The Bertz CT molecular complexity index is 1420. The Hall–Kier alpha value is -3.99. The number of rotatable bonds is 8. The van der Waals surface area contributed by atoms with Gasteiger partial charge in [-0.3, -0.25) is 4.98 Å². The summed E-state index contributed by atoms with van der Waals surface area (Å²) in [6.07, 6.45) is 4.37. The minimum atomic E-state index is -3.88. The Balaban J connectivity index is 1.93. The molecule has 0 atom stereocenters. The highest BCUT2D eigenvalue weighted by atomic mass is 32.2. The molecule has 0 saturated heterocycles. The fraction of sp³-hybridized carbons (Fsp3) is 0.217. The van der Waals surface area contributed by atoms with E-state index in [1.54, 1.807) is 44.3 Å². The first-order valence-electron chi connectivity index (χ1n) is 10.3. The van der Waals surface area contributed by atoms with Gasteiger partial charge < -0.3 is 18.9 Å². The number of carbonyl (C=O) groups is 1. The summed E-state index contributed by atoms with van der Waals surface area (Å²) < 4.78 is 42.6. The van der Waals surface area contributed by atoms with Crippen molar-refractivity contribution in [3.8, 4) is 5.75 Å². The number of ether oxygens (including phenoxy) is 2. The number of fused-ring (bicyclic) bond motifs is 1. The maximum absolute atomic E-state index is 13.5. The van der Waals surface area contributed by atoms with Crippen LogP contribution in [0, 0.1) is 6.92 Å². The van der Waals surface area contributed by atoms with E-state index in [2.05, 4.69) is 15.1 Å². The first-order chi connectivity index (χ1) is 16.4. The molecule has 0 aliphatic carbocycles. The van der Waals surface area contributed by atoms with Crippen LogP contribution >= 0.6 is 0 Å². The molecule has 0 fully saturated rings. The minimum Gasteiger partial charge on any atom is -0.497 e. The number of hydrogen-bond donors (Lipinski definition) is 0. The summed E-state index contributed by atoms with van der Waals surface area (Å²) in [6, 6.07) is 9.44. The molecule has 0 spiro atoms. The van der Waals surface area contributed by atoms with Crippen molar-refractivity contribution < 1.29 is 27.2 Å². The normalized spacial score (nSPS) is 11.4. The van der Waals surface area contributed by atoms with Gasteiger partial charge in [-0.1, -0.05) is 5.16 Å². The van der Waals surface area contributed by atoms with Crippen molar-refractivity contribution >= 4 is 38.3 Å². The summed E-state index contributed by atoms with van der Waals surface area (Å²) in [7, 11) is -2.38. The number of hydrogen-bond acceptors (Lipinski definition) is 10. The van der Waals surface area contributed by atoms with Gasteiger partial charge in [-0.25, -0.2) is 18.2 Å². The second kappa shape index (κ2) is 9.48. The zero-order chi connectivity index (χ0) is 24.3. The number of aromatic nitrogens is 3. The maximum Gasteiger partial charge on any atom is 0.341 e. The van der Waals surface area contributed by atoms with Gasteiger partial charge in [0.25, 0.3) is 5.71 Å². The molecular formula is C23H22N4O6S. The molecule has 0 amide bonds. The van der Waals surface area contributed by atoms with E-state index in [-0.39, 0.29) is 28.5 Å². The van der Waals surface area contributed by atoms with E-state index >= 15 is 0 Å². The summed E-state index contributed by atoms with van der Waals surface area (Å²) in [5, 5.41) is 4.36. The Morgan fingerprint density at radius 2 is 1.91 bits per heavy atom. The highest BCUT2D eigenvalue weighted by Gasteiger charge is 2.30. The summed E-state index contributed by atoms with van der Waals surface area (Å²) in [5.74, 6) is -0.618. The zero-order valence-corrected chi connectivity index (χ0v) is 19.6. The summed E-state index contributed by atoms with van der Waals surface area (Å²) in [6.45, 7) is 3.50. The molecule has 4 rings (SSSR count). The van der Waals surface area contributed by atoms with Gasteiger partial charge in [0.2, 0.25) is 0 Å². The number of pyridine rings is 2. The number of nitrogens with zero attached hydrogens (tertiary/aromatic N) is 4. The molecule has 0 N–H and O–H groups in total. The van der Waals surface area contributed by atoms with Gasteiger partial charge in [-0.05, 0) is 50.2 Å². The van der Waals surface area contributed by atoms with Crippen molar-refractivity contribution in [2.24, 2.45) is 0 Å². The number of methoxy groups -OCH3 is 1. The Morgan fingerprint density at radius 1 is 1.15 bits per heavy atom. The molecule has 0 bridgehead atoms. The molecule has 4 aromatic rings. The Morgan fingerprint density at radius 3 is 2.56 bits per heavy atom. The predicted octanol–water partition coefficient (Wildman–Crippen LogP) is 3.68. The molecule has 3 aromatic heterocycles. The van der Waals surface area contributed by atoms with Gasteiger partial charge in [-0.15, -0.1) is 0 Å². The van der Waals surface area contributed by atoms with E-state index in [1.807, 2.05) is 0 Å². The second-order valence-corrected chi connectivity index (χ2v) is 9.21. The highest BCUT2D eigenvalue weighted by molar-refractivity contribution is 7.91. The third kappa shape index (κ3) is 4.42. The topological polar surface area (TPSA) is 125 Å². The van der Waals surface area contributed by atoms with Crippen LogP contribution < -0.4 is 9.64 Å². The first kappa shape index (κ1) is 23.2. The van der Waals surface area contributed by atoms with Crippen LogP contribution in [0.5, 0.6) is 5.75 Å². The van der Waals surface area contributed by atoms with Crippen LogP contribution in [0.1, 0.15) is 23.0 Å². The Labute approximate surface area is 196 Å². The number of carbonyl (C=O) groups excluding carboxylic acids is 1. The van der Waals surface area contributed by atoms with E-state index in [4.69, 9.17) is 14.0 Å². The van der Waals surface area contributed by atoms with E-state index in [9.17, 15) is 13.2 Å². The molecule has 0 radical (unpaired) electrons. The lowest BCUT2D eigenvalue weighted by Gasteiger charge is -2.26. The van der Waals surface area contributed by atoms with Crippen molar-refractivity contribution in [2.75, 3.05) is 24.5 Å². The summed E-state index contributed by atoms with van der Waals surface area (Å²) in [4.78, 5) is 22.7. The van der Waals surface area contributed by atoms with E-state index in [0.29, 0.717) is 22.5 Å². The van der Waals surface area contributed by atoms with Crippen LogP contribution in [0.25, 0.3) is 11.1 Å². The fourth-order valence-electron chi connectivity index (χ4n) is 3.49. The molecule has 0 saturated carbocycles. The van der Waals surface area contributed by atoms with Gasteiger partial charge in [0.15, 0.2) is 9.84 Å². The molecule has 0 aliphatic rings. The molecular weight excluding hydrogens is 460 g/mol. The largest absolute Gasteiger partial charge is 0.497 e. The van der Waals surface area contributed by atoms with E-state index in [0.717, 1.165) is 0 Å². The van der Waals surface area contributed by atoms with Crippen molar-refractivity contribution in [3.05, 3.63) is 66.2 Å². The van der Waals surface area contributed by atoms with Crippen LogP contribution in [0.2, 0.25) is 0 Å². The third-order valence-corrected chi connectivity index (χ3v) is 6.68. The minimum absolute atomic E-state index is 0.0782. The summed E-state index contributed by atoms with van der Waals surface area (Å²) in [5.41, 5.74) is 1.38. The molecule has 11 heteroatoms. The zero-order valence-electron chi connectivity index (χ0n) is 18.8. The van der Waals surface area contributed by atoms with Crippen LogP contribution in [0.4, 0.5) is 11.4 Å². The molecule has 176 valence electrons. The SMILES string of the molecule is CCOC(=O)c1cnc2onc(C)c2c1N(CS(=O)(=O)c1ccc(OC)cc1)c1cccnc1. The van der Waals surface area contributed by atoms with Crippen LogP contribution in [0.3, 0.4) is 0 Å². The average molecular weight is 483 g/mol.